The fourth-order valence-electron chi connectivity index (χ4n) is 3.25. The molecule has 1 aromatic rings. The van der Waals surface area contributed by atoms with E-state index in [1.165, 1.54) is 6.42 Å². The Morgan fingerprint density at radius 2 is 1.90 bits per heavy atom. The fraction of sp³-hybridized carbons (Fsp3) is 0.647. The van der Waals surface area contributed by atoms with E-state index in [2.05, 4.69) is 13.8 Å². The largest absolute Gasteiger partial charge is 0.493 e. The minimum absolute atomic E-state index is 0.585. The van der Waals surface area contributed by atoms with Crippen molar-refractivity contribution < 1.29 is 14.6 Å². The van der Waals surface area contributed by atoms with Crippen molar-refractivity contribution in [2.75, 3.05) is 14.2 Å². The van der Waals surface area contributed by atoms with Crippen LogP contribution in [-0.2, 0) is 5.60 Å². The molecule has 0 heterocycles. The second-order valence-electron chi connectivity index (χ2n) is 6.20. The Kier molecular flexibility index (Phi) is 4.59. The molecule has 0 bridgehead atoms. The lowest BCUT2D eigenvalue weighted by molar-refractivity contribution is -0.0297. The molecular formula is C17H26O3. The van der Waals surface area contributed by atoms with Crippen molar-refractivity contribution in [3.8, 4) is 11.5 Å². The number of methoxy groups -OCH3 is 2. The van der Waals surface area contributed by atoms with E-state index < -0.39 is 5.60 Å². The number of aliphatic hydroxyl groups is 1. The van der Waals surface area contributed by atoms with Crippen LogP contribution in [0.15, 0.2) is 18.2 Å². The predicted octanol–water partition coefficient (Wildman–Crippen LogP) is 3.74. The van der Waals surface area contributed by atoms with E-state index in [1.54, 1.807) is 14.2 Å². The van der Waals surface area contributed by atoms with Gasteiger partial charge < -0.3 is 14.6 Å². The number of hydrogen-bond donors (Lipinski definition) is 1. The van der Waals surface area contributed by atoms with Gasteiger partial charge >= 0.3 is 0 Å². The average molecular weight is 278 g/mol. The van der Waals surface area contributed by atoms with Crippen LogP contribution in [0.25, 0.3) is 0 Å². The molecule has 2 atom stereocenters. The molecule has 1 saturated carbocycles. The summed E-state index contributed by atoms with van der Waals surface area (Å²) in [6.45, 7) is 4.48. The average Bonchev–Trinajstić information content (AvgIpc) is 2.46. The van der Waals surface area contributed by atoms with Crippen LogP contribution in [0.4, 0.5) is 0 Å². The lowest BCUT2D eigenvalue weighted by Gasteiger charge is -2.39. The van der Waals surface area contributed by atoms with Gasteiger partial charge in [-0.15, -0.1) is 0 Å². The second-order valence-corrected chi connectivity index (χ2v) is 6.20. The molecule has 0 radical (unpaired) electrons. The number of benzene rings is 1. The molecule has 112 valence electrons. The quantitative estimate of drug-likeness (QED) is 0.912. The van der Waals surface area contributed by atoms with Crippen molar-refractivity contribution in [1.29, 1.82) is 0 Å². The topological polar surface area (TPSA) is 38.7 Å². The van der Waals surface area contributed by atoms with Crippen LogP contribution in [0.5, 0.6) is 11.5 Å². The Hall–Kier alpha value is -1.22. The van der Waals surface area contributed by atoms with Gasteiger partial charge in [0.1, 0.15) is 0 Å². The molecular weight excluding hydrogens is 252 g/mol. The minimum Gasteiger partial charge on any atom is -0.493 e. The van der Waals surface area contributed by atoms with E-state index in [-0.39, 0.29) is 0 Å². The van der Waals surface area contributed by atoms with Gasteiger partial charge in [-0.1, -0.05) is 19.9 Å². The van der Waals surface area contributed by atoms with E-state index in [4.69, 9.17) is 9.47 Å². The van der Waals surface area contributed by atoms with E-state index >= 15 is 0 Å². The van der Waals surface area contributed by atoms with E-state index in [1.807, 2.05) is 18.2 Å². The summed E-state index contributed by atoms with van der Waals surface area (Å²) in [7, 11) is 3.26. The summed E-state index contributed by atoms with van der Waals surface area (Å²) in [5.41, 5.74) is 0.215. The Balaban J connectivity index is 2.29. The Morgan fingerprint density at radius 3 is 2.50 bits per heavy atom. The molecule has 2 unspecified atom stereocenters. The molecule has 3 nitrogen and oxygen atoms in total. The van der Waals surface area contributed by atoms with Gasteiger partial charge in [0.15, 0.2) is 11.5 Å². The first-order valence-corrected chi connectivity index (χ1v) is 7.45. The molecule has 1 aliphatic rings. The van der Waals surface area contributed by atoms with Gasteiger partial charge in [0, 0.05) is 0 Å². The summed E-state index contributed by atoms with van der Waals surface area (Å²) in [5.74, 6) is 2.59. The molecule has 1 fully saturated rings. The molecule has 2 rings (SSSR count). The third-order valence-electron chi connectivity index (χ3n) is 4.63. The van der Waals surface area contributed by atoms with Crippen LogP contribution in [0.1, 0.15) is 45.1 Å². The van der Waals surface area contributed by atoms with Crippen molar-refractivity contribution in [2.24, 2.45) is 11.8 Å². The van der Waals surface area contributed by atoms with E-state index in [0.29, 0.717) is 23.3 Å². The Bertz CT molecular complexity index is 456. The van der Waals surface area contributed by atoms with Gasteiger partial charge in [0.05, 0.1) is 19.8 Å². The Labute approximate surface area is 121 Å². The molecule has 3 heteroatoms. The van der Waals surface area contributed by atoms with Crippen molar-refractivity contribution in [1.82, 2.24) is 0 Å². The van der Waals surface area contributed by atoms with Crippen molar-refractivity contribution in [3.63, 3.8) is 0 Å². The third kappa shape index (κ3) is 2.93. The molecule has 0 amide bonds. The van der Waals surface area contributed by atoms with Gasteiger partial charge in [0.25, 0.3) is 0 Å². The molecule has 0 aliphatic heterocycles. The molecule has 0 spiro atoms. The summed E-state index contributed by atoms with van der Waals surface area (Å²) in [5, 5.41) is 11.0. The number of rotatable bonds is 4. The maximum absolute atomic E-state index is 11.0. The summed E-state index contributed by atoms with van der Waals surface area (Å²) in [6.07, 6.45) is 3.95. The van der Waals surface area contributed by atoms with Crippen molar-refractivity contribution in [3.05, 3.63) is 23.8 Å². The van der Waals surface area contributed by atoms with Crippen LogP contribution in [0.2, 0.25) is 0 Å². The maximum Gasteiger partial charge on any atom is 0.161 e. The smallest absolute Gasteiger partial charge is 0.161 e. The summed E-state index contributed by atoms with van der Waals surface area (Å²) in [4.78, 5) is 0. The summed E-state index contributed by atoms with van der Waals surface area (Å²) >= 11 is 0. The van der Waals surface area contributed by atoms with E-state index in [9.17, 15) is 5.11 Å². The first-order chi connectivity index (χ1) is 9.50. The van der Waals surface area contributed by atoms with Gasteiger partial charge in [-0.3, -0.25) is 0 Å². The van der Waals surface area contributed by atoms with E-state index in [0.717, 1.165) is 24.8 Å². The highest BCUT2D eigenvalue weighted by molar-refractivity contribution is 5.44. The zero-order valence-corrected chi connectivity index (χ0v) is 13.0. The lowest BCUT2D eigenvalue weighted by Crippen LogP contribution is -2.34. The predicted molar refractivity (Wildman–Crippen MR) is 80.2 cm³/mol. The van der Waals surface area contributed by atoms with Crippen LogP contribution < -0.4 is 9.47 Å². The molecule has 1 aromatic carbocycles. The van der Waals surface area contributed by atoms with Crippen LogP contribution in [0, 0.1) is 11.8 Å². The maximum atomic E-state index is 11.0. The SMILES string of the molecule is COc1ccc(C2(O)CCCC(C(C)C)C2)cc1OC. The number of hydrogen-bond acceptors (Lipinski definition) is 3. The molecule has 20 heavy (non-hydrogen) atoms. The van der Waals surface area contributed by atoms with Crippen molar-refractivity contribution >= 4 is 0 Å². The van der Waals surface area contributed by atoms with Gasteiger partial charge in [-0.2, -0.15) is 0 Å². The molecule has 0 aromatic heterocycles. The van der Waals surface area contributed by atoms with Gasteiger partial charge in [0.2, 0.25) is 0 Å². The molecule has 0 saturated heterocycles. The van der Waals surface area contributed by atoms with Crippen LogP contribution in [0.3, 0.4) is 0 Å². The monoisotopic (exact) mass is 278 g/mol. The first kappa shape index (κ1) is 15.2. The lowest BCUT2D eigenvalue weighted by atomic mass is 9.71. The highest BCUT2D eigenvalue weighted by atomic mass is 16.5. The summed E-state index contributed by atoms with van der Waals surface area (Å²) in [6, 6.07) is 5.76. The highest BCUT2D eigenvalue weighted by Gasteiger charge is 2.37. The molecule has 1 aliphatic carbocycles. The zero-order chi connectivity index (χ0) is 14.8. The first-order valence-electron chi connectivity index (χ1n) is 7.45. The third-order valence-corrected chi connectivity index (χ3v) is 4.63. The molecule has 1 N–H and O–H groups in total. The van der Waals surface area contributed by atoms with Crippen molar-refractivity contribution in [2.45, 2.75) is 45.1 Å². The fourth-order valence-corrected chi connectivity index (χ4v) is 3.25. The standard InChI is InChI=1S/C17H26O3/c1-12(2)13-6-5-9-17(18,11-13)14-7-8-15(19-3)16(10-14)20-4/h7-8,10,12-13,18H,5-6,9,11H2,1-4H3. The highest BCUT2D eigenvalue weighted by Crippen LogP contribution is 2.44. The second kappa shape index (κ2) is 6.04. The van der Waals surface area contributed by atoms with Crippen LogP contribution in [-0.4, -0.2) is 19.3 Å². The normalized spacial score (nSPS) is 26.6. The van der Waals surface area contributed by atoms with Gasteiger partial charge in [-0.25, -0.2) is 0 Å². The summed E-state index contributed by atoms with van der Waals surface area (Å²) < 4.78 is 10.6. The van der Waals surface area contributed by atoms with Crippen LogP contribution >= 0.6 is 0 Å². The minimum atomic E-state index is -0.729. The Morgan fingerprint density at radius 1 is 1.20 bits per heavy atom. The van der Waals surface area contributed by atoms with Gasteiger partial charge in [-0.05, 0) is 55.2 Å². The number of ether oxygens (including phenoxy) is 2. The zero-order valence-electron chi connectivity index (χ0n) is 13.0.